The Hall–Kier alpha value is -1.68. The monoisotopic (exact) mass is 246 g/mol. The Bertz CT molecular complexity index is 565. The second kappa shape index (κ2) is 3.96. The molecule has 0 fully saturated rings. The molecule has 86 valence electrons. The molecular formula is C12H11ClN4. The molecule has 0 saturated carbocycles. The number of hydrogen-bond donors (Lipinski definition) is 1. The quantitative estimate of drug-likeness (QED) is 0.838. The van der Waals surface area contributed by atoms with Crippen molar-refractivity contribution >= 4 is 17.4 Å². The van der Waals surface area contributed by atoms with Gasteiger partial charge in [-0.25, -0.2) is 9.97 Å². The van der Waals surface area contributed by atoms with Crippen molar-refractivity contribution in [1.82, 2.24) is 15.0 Å². The molecule has 2 aromatic heterocycles. The molecule has 5 heteroatoms. The van der Waals surface area contributed by atoms with Crippen LogP contribution in [0.1, 0.15) is 17.7 Å². The van der Waals surface area contributed by atoms with E-state index in [1.54, 1.807) is 18.3 Å². The summed E-state index contributed by atoms with van der Waals surface area (Å²) >= 11 is 5.80. The Morgan fingerprint density at radius 3 is 2.82 bits per heavy atom. The Kier molecular flexibility index (Phi) is 2.44. The van der Waals surface area contributed by atoms with E-state index >= 15 is 0 Å². The smallest absolute Gasteiger partial charge is 0.180 e. The second-order valence-corrected chi connectivity index (χ2v) is 4.51. The highest BCUT2D eigenvalue weighted by atomic mass is 35.5. The highest BCUT2D eigenvalue weighted by molar-refractivity contribution is 6.30. The molecule has 0 aromatic carbocycles. The molecule has 0 saturated heterocycles. The normalized spacial score (nSPS) is 13.7. The van der Waals surface area contributed by atoms with Gasteiger partial charge in [0, 0.05) is 17.5 Å². The Morgan fingerprint density at radius 2 is 2.06 bits per heavy atom. The molecule has 4 nitrogen and oxygen atoms in total. The predicted molar refractivity (Wildman–Crippen MR) is 66.7 cm³/mol. The van der Waals surface area contributed by atoms with E-state index in [4.69, 9.17) is 17.3 Å². The van der Waals surface area contributed by atoms with Crippen LogP contribution in [0, 0.1) is 0 Å². The van der Waals surface area contributed by atoms with Gasteiger partial charge in [0.05, 0.1) is 5.02 Å². The maximum absolute atomic E-state index is 5.94. The van der Waals surface area contributed by atoms with Gasteiger partial charge in [-0.05, 0) is 31.4 Å². The number of fused-ring (bicyclic) bond motifs is 1. The van der Waals surface area contributed by atoms with Gasteiger partial charge in [-0.15, -0.1) is 0 Å². The van der Waals surface area contributed by atoms with Gasteiger partial charge in [0.25, 0.3) is 0 Å². The van der Waals surface area contributed by atoms with Gasteiger partial charge in [-0.3, -0.25) is 4.98 Å². The first kappa shape index (κ1) is 10.5. The third kappa shape index (κ3) is 1.85. The summed E-state index contributed by atoms with van der Waals surface area (Å²) in [5.41, 5.74) is 8.80. The van der Waals surface area contributed by atoms with Crippen molar-refractivity contribution in [3.8, 4) is 11.5 Å². The molecule has 0 amide bonds. The van der Waals surface area contributed by atoms with Crippen molar-refractivity contribution in [2.45, 2.75) is 19.3 Å². The van der Waals surface area contributed by atoms with E-state index in [0.717, 1.165) is 30.5 Å². The zero-order valence-electron chi connectivity index (χ0n) is 9.15. The van der Waals surface area contributed by atoms with Crippen molar-refractivity contribution < 1.29 is 0 Å². The van der Waals surface area contributed by atoms with Gasteiger partial charge >= 0.3 is 0 Å². The van der Waals surface area contributed by atoms with Crippen LogP contribution in [-0.2, 0) is 12.8 Å². The van der Waals surface area contributed by atoms with Crippen LogP contribution in [0.4, 0.5) is 5.82 Å². The topological polar surface area (TPSA) is 64.7 Å². The fourth-order valence-corrected chi connectivity index (χ4v) is 2.20. The van der Waals surface area contributed by atoms with Gasteiger partial charge in [0.2, 0.25) is 0 Å². The third-order valence-corrected chi connectivity index (χ3v) is 3.15. The van der Waals surface area contributed by atoms with E-state index in [9.17, 15) is 0 Å². The van der Waals surface area contributed by atoms with Crippen LogP contribution in [0.25, 0.3) is 11.5 Å². The minimum Gasteiger partial charge on any atom is -0.383 e. The number of hydrogen-bond acceptors (Lipinski definition) is 4. The number of pyridine rings is 1. The number of nitrogens with two attached hydrogens (primary N) is 1. The Morgan fingerprint density at radius 1 is 1.18 bits per heavy atom. The maximum Gasteiger partial charge on any atom is 0.180 e. The molecule has 0 spiro atoms. The molecule has 17 heavy (non-hydrogen) atoms. The number of anilines is 1. The first-order chi connectivity index (χ1) is 8.24. The Balaban J connectivity index is 2.10. The SMILES string of the molecule is Nc1nc(-c2ccc(Cl)cn2)nc2c1CCC2. The van der Waals surface area contributed by atoms with Gasteiger partial charge in [0.1, 0.15) is 11.5 Å². The highest BCUT2D eigenvalue weighted by Gasteiger charge is 2.18. The molecule has 3 rings (SSSR count). The fourth-order valence-electron chi connectivity index (χ4n) is 2.08. The molecule has 0 unspecified atom stereocenters. The van der Waals surface area contributed by atoms with Crippen molar-refractivity contribution in [2.24, 2.45) is 0 Å². The lowest BCUT2D eigenvalue weighted by atomic mass is 10.2. The minimum atomic E-state index is 0.583. The van der Waals surface area contributed by atoms with Crippen LogP contribution < -0.4 is 5.73 Å². The van der Waals surface area contributed by atoms with E-state index < -0.39 is 0 Å². The summed E-state index contributed by atoms with van der Waals surface area (Å²) in [4.78, 5) is 13.0. The molecule has 0 atom stereocenters. The average molecular weight is 247 g/mol. The molecule has 1 aliphatic carbocycles. The zero-order chi connectivity index (χ0) is 11.8. The molecule has 2 heterocycles. The summed E-state index contributed by atoms with van der Waals surface area (Å²) < 4.78 is 0. The van der Waals surface area contributed by atoms with Crippen LogP contribution in [0.5, 0.6) is 0 Å². The number of nitrogen functional groups attached to an aromatic ring is 1. The number of aryl methyl sites for hydroxylation is 1. The molecular weight excluding hydrogens is 236 g/mol. The summed E-state index contributed by atoms with van der Waals surface area (Å²) in [6, 6.07) is 3.58. The summed E-state index contributed by atoms with van der Waals surface area (Å²) in [5, 5.41) is 0.600. The van der Waals surface area contributed by atoms with Crippen molar-refractivity contribution in [1.29, 1.82) is 0 Å². The summed E-state index contributed by atoms with van der Waals surface area (Å²) in [6.07, 6.45) is 4.65. The molecule has 0 aliphatic heterocycles. The molecule has 0 bridgehead atoms. The third-order valence-electron chi connectivity index (χ3n) is 2.92. The van der Waals surface area contributed by atoms with Crippen LogP contribution in [0.3, 0.4) is 0 Å². The van der Waals surface area contributed by atoms with Crippen LogP contribution in [0.2, 0.25) is 5.02 Å². The number of aromatic nitrogens is 3. The van der Waals surface area contributed by atoms with Crippen LogP contribution in [0.15, 0.2) is 18.3 Å². The summed E-state index contributed by atoms with van der Waals surface area (Å²) in [7, 11) is 0. The van der Waals surface area contributed by atoms with Crippen molar-refractivity contribution in [3.05, 3.63) is 34.6 Å². The molecule has 2 aromatic rings. The van der Waals surface area contributed by atoms with E-state index in [1.165, 1.54) is 0 Å². The predicted octanol–water partition coefficient (Wildman–Crippen LogP) is 2.26. The standard InChI is InChI=1S/C12H11ClN4/c13-7-4-5-10(15-6-7)12-16-9-3-1-2-8(9)11(14)17-12/h4-6H,1-3H2,(H2,14,16,17). The second-order valence-electron chi connectivity index (χ2n) is 4.07. The average Bonchev–Trinajstić information content (AvgIpc) is 2.78. The summed E-state index contributed by atoms with van der Waals surface area (Å²) in [6.45, 7) is 0. The molecule has 1 aliphatic rings. The minimum absolute atomic E-state index is 0.583. The van der Waals surface area contributed by atoms with Gasteiger partial charge < -0.3 is 5.73 Å². The van der Waals surface area contributed by atoms with Crippen LogP contribution >= 0.6 is 11.6 Å². The number of nitrogens with zero attached hydrogens (tertiary/aromatic N) is 3. The van der Waals surface area contributed by atoms with Crippen molar-refractivity contribution in [2.75, 3.05) is 5.73 Å². The fraction of sp³-hybridized carbons (Fsp3) is 0.250. The highest BCUT2D eigenvalue weighted by Crippen LogP contribution is 2.26. The van der Waals surface area contributed by atoms with E-state index in [-0.39, 0.29) is 0 Å². The number of rotatable bonds is 1. The van der Waals surface area contributed by atoms with E-state index in [1.807, 2.05) is 0 Å². The largest absolute Gasteiger partial charge is 0.383 e. The van der Waals surface area contributed by atoms with Crippen LogP contribution in [-0.4, -0.2) is 15.0 Å². The maximum atomic E-state index is 5.94. The first-order valence-corrected chi connectivity index (χ1v) is 5.89. The van der Waals surface area contributed by atoms with Crippen molar-refractivity contribution in [3.63, 3.8) is 0 Å². The summed E-state index contributed by atoms with van der Waals surface area (Å²) in [5.74, 6) is 1.17. The lowest BCUT2D eigenvalue weighted by Gasteiger charge is -2.05. The molecule has 0 radical (unpaired) electrons. The lowest BCUT2D eigenvalue weighted by Crippen LogP contribution is -2.03. The van der Waals surface area contributed by atoms with Gasteiger partial charge in [0.15, 0.2) is 5.82 Å². The first-order valence-electron chi connectivity index (χ1n) is 5.51. The molecule has 2 N–H and O–H groups in total. The zero-order valence-corrected chi connectivity index (χ0v) is 9.91. The van der Waals surface area contributed by atoms with Gasteiger partial charge in [-0.2, -0.15) is 0 Å². The number of halogens is 1. The van der Waals surface area contributed by atoms with Gasteiger partial charge in [-0.1, -0.05) is 11.6 Å². The Labute approximate surface area is 104 Å². The van der Waals surface area contributed by atoms with E-state index in [2.05, 4.69) is 15.0 Å². The van der Waals surface area contributed by atoms with E-state index in [0.29, 0.717) is 22.4 Å². The lowest BCUT2D eigenvalue weighted by molar-refractivity contribution is 0.900.